The summed E-state index contributed by atoms with van der Waals surface area (Å²) in [5.41, 5.74) is 0.273. The number of hydrogen-bond donors (Lipinski definition) is 2. The molecule has 35 heavy (non-hydrogen) atoms. The molecular weight excluding hydrogens is 498 g/mol. The lowest BCUT2D eigenvalue weighted by molar-refractivity contribution is -0.142. The Balaban J connectivity index is 1.63. The van der Waals surface area contributed by atoms with Crippen molar-refractivity contribution in [2.45, 2.75) is 50.1 Å². The first kappa shape index (κ1) is 26.9. The van der Waals surface area contributed by atoms with Crippen LogP contribution in [0.25, 0.3) is 0 Å². The van der Waals surface area contributed by atoms with E-state index in [2.05, 4.69) is 10.0 Å². The van der Waals surface area contributed by atoms with E-state index >= 15 is 0 Å². The lowest BCUT2D eigenvalue weighted by atomic mass is 10.1. The van der Waals surface area contributed by atoms with Gasteiger partial charge in [0.15, 0.2) is 0 Å². The van der Waals surface area contributed by atoms with Crippen LogP contribution < -0.4 is 10.0 Å². The highest BCUT2D eigenvalue weighted by molar-refractivity contribution is 7.89. The zero-order chi connectivity index (χ0) is 25.9. The maximum atomic E-state index is 13.0. The van der Waals surface area contributed by atoms with Gasteiger partial charge in [0.1, 0.15) is 6.04 Å². The van der Waals surface area contributed by atoms with Crippen LogP contribution in [0.5, 0.6) is 0 Å². The third-order valence-corrected chi connectivity index (χ3v) is 8.06. The number of piperidine rings is 1. The molecule has 2 aliphatic heterocycles. The molecular formula is C22H30ClN5O6S. The molecule has 1 aromatic carbocycles. The standard InChI is InChI=1S/C22H30ClN5O6S/c1-14(29)24-19-7-6-17(11-18(19)23)35(33,34)25-20-5-4-9-28(22(20)32)13-21(31)27-10-8-16(12-27)26(3)15(2)30/h6-7,11,16,20,25H,4-5,8-10,12-13H2,1-3H3,(H,24,29). The summed E-state index contributed by atoms with van der Waals surface area (Å²) < 4.78 is 28.2. The smallest absolute Gasteiger partial charge is 0.242 e. The van der Waals surface area contributed by atoms with E-state index in [-0.39, 0.29) is 45.9 Å². The minimum absolute atomic E-state index is 0.0459. The number of benzene rings is 1. The average molecular weight is 528 g/mol. The fourth-order valence-electron chi connectivity index (χ4n) is 4.22. The lowest BCUT2D eigenvalue weighted by Gasteiger charge is -2.33. The molecule has 3 rings (SSSR count). The number of carbonyl (C=O) groups is 4. The van der Waals surface area contributed by atoms with Crippen molar-refractivity contribution in [1.29, 1.82) is 0 Å². The Morgan fingerprint density at radius 2 is 1.89 bits per heavy atom. The maximum Gasteiger partial charge on any atom is 0.242 e. The van der Waals surface area contributed by atoms with Crippen molar-refractivity contribution in [3.63, 3.8) is 0 Å². The summed E-state index contributed by atoms with van der Waals surface area (Å²) in [6, 6.07) is 2.79. The molecule has 2 unspecified atom stereocenters. The summed E-state index contributed by atoms with van der Waals surface area (Å²) in [7, 11) is -2.38. The fraction of sp³-hybridized carbons (Fsp3) is 0.545. The van der Waals surface area contributed by atoms with Gasteiger partial charge in [-0.3, -0.25) is 19.2 Å². The van der Waals surface area contributed by atoms with E-state index < -0.39 is 22.0 Å². The minimum Gasteiger partial charge on any atom is -0.341 e. The van der Waals surface area contributed by atoms with E-state index in [4.69, 9.17) is 11.6 Å². The van der Waals surface area contributed by atoms with Crippen LogP contribution in [-0.4, -0.2) is 92.1 Å². The molecule has 2 N–H and O–H groups in total. The molecule has 2 heterocycles. The molecule has 0 bridgehead atoms. The summed E-state index contributed by atoms with van der Waals surface area (Å²) >= 11 is 6.09. The second-order valence-electron chi connectivity index (χ2n) is 8.81. The monoisotopic (exact) mass is 527 g/mol. The molecule has 2 fully saturated rings. The van der Waals surface area contributed by atoms with Crippen LogP contribution >= 0.6 is 11.6 Å². The predicted octanol–water partition coefficient (Wildman–Crippen LogP) is 0.647. The van der Waals surface area contributed by atoms with Crippen molar-refractivity contribution in [3.8, 4) is 0 Å². The predicted molar refractivity (Wildman–Crippen MR) is 129 cm³/mol. The first-order valence-corrected chi connectivity index (χ1v) is 13.1. The zero-order valence-corrected chi connectivity index (χ0v) is 21.5. The Morgan fingerprint density at radius 1 is 1.17 bits per heavy atom. The van der Waals surface area contributed by atoms with Crippen LogP contribution in [0, 0.1) is 0 Å². The largest absolute Gasteiger partial charge is 0.341 e. The number of rotatable bonds is 7. The summed E-state index contributed by atoms with van der Waals surface area (Å²) in [6.07, 6.45) is 1.50. The highest BCUT2D eigenvalue weighted by Gasteiger charge is 2.36. The molecule has 0 radical (unpaired) electrons. The van der Waals surface area contributed by atoms with Gasteiger partial charge in [0, 0.05) is 40.5 Å². The number of nitrogens with zero attached hydrogens (tertiary/aromatic N) is 3. The quantitative estimate of drug-likeness (QED) is 0.534. The number of carbonyl (C=O) groups excluding carboxylic acids is 4. The molecule has 192 valence electrons. The van der Waals surface area contributed by atoms with Crippen molar-refractivity contribution in [2.24, 2.45) is 0 Å². The van der Waals surface area contributed by atoms with Crippen LogP contribution in [0.15, 0.2) is 23.1 Å². The number of sulfonamides is 1. The number of likely N-dealkylation sites (N-methyl/N-ethyl adjacent to an activating group) is 1. The van der Waals surface area contributed by atoms with Crippen molar-refractivity contribution >= 4 is 50.9 Å². The van der Waals surface area contributed by atoms with E-state index in [1.807, 2.05) is 0 Å². The fourth-order valence-corrected chi connectivity index (χ4v) is 5.76. The molecule has 4 amide bonds. The van der Waals surface area contributed by atoms with Gasteiger partial charge in [0.2, 0.25) is 33.7 Å². The third kappa shape index (κ3) is 6.50. The van der Waals surface area contributed by atoms with E-state index in [1.54, 1.807) is 16.8 Å². The summed E-state index contributed by atoms with van der Waals surface area (Å²) in [6.45, 7) is 3.88. The van der Waals surface area contributed by atoms with Gasteiger partial charge in [-0.15, -0.1) is 0 Å². The molecule has 2 atom stereocenters. The Bertz CT molecular complexity index is 1130. The van der Waals surface area contributed by atoms with Gasteiger partial charge in [-0.25, -0.2) is 8.42 Å². The van der Waals surface area contributed by atoms with Gasteiger partial charge in [-0.05, 0) is 37.5 Å². The first-order chi connectivity index (χ1) is 16.4. The minimum atomic E-state index is -4.08. The number of nitrogens with one attached hydrogen (secondary N) is 2. The number of hydrogen-bond acceptors (Lipinski definition) is 6. The van der Waals surface area contributed by atoms with Crippen LogP contribution in [0.2, 0.25) is 5.02 Å². The highest BCUT2D eigenvalue weighted by Crippen LogP contribution is 2.26. The number of halogens is 1. The van der Waals surface area contributed by atoms with E-state index in [0.29, 0.717) is 38.9 Å². The van der Waals surface area contributed by atoms with Gasteiger partial charge in [-0.2, -0.15) is 4.72 Å². The van der Waals surface area contributed by atoms with E-state index in [9.17, 15) is 27.6 Å². The van der Waals surface area contributed by atoms with Crippen molar-refractivity contribution in [1.82, 2.24) is 19.4 Å². The molecule has 13 heteroatoms. The summed E-state index contributed by atoms with van der Waals surface area (Å²) in [5, 5.41) is 2.55. The van der Waals surface area contributed by atoms with Crippen LogP contribution in [0.1, 0.15) is 33.1 Å². The molecule has 0 spiro atoms. The second kappa shape index (κ2) is 10.9. The summed E-state index contributed by atoms with van der Waals surface area (Å²) in [4.78, 5) is 53.1. The molecule has 2 saturated heterocycles. The lowest BCUT2D eigenvalue weighted by Crippen LogP contribution is -2.54. The molecule has 2 aliphatic rings. The van der Waals surface area contributed by atoms with Crippen LogP contribution in [-0.2, 0) is 29.2 Å². The highest BCUT2D eigenvalue weighted by atomic mass is 35.5. The van der Waals surface area contributed by atoms with Crippen molar-refractivity contribution < 1.29 is 27.6 Å². The Hall–Kier alpha value is -2.70. The van der Waals surface area contributed by atoms with Crippen LogP contribution in [0.3, 0.4) is 0 Å². The molecule has 0 aromatic heterocycles. The molecule has 11 nitrogen and oxygen atoms in total. The van der Waals surface area contributed by atoms with Gasteiger partial charge in [0.25, 0.3) is 0 Å². The molecule has 1 aromatic rings. The molecule has 0 saturated carbocycles. The number of likely N-dealkylation sites (tertiary alicyclic amines) is 2. The number of anilines is 1. The normalized spacial score (nSPS) is 20.6. The Kier molecular flexibility index (Phi) is 8.39. The SMILES string of the molecule is CC(=O)Nc1ccc(S(=O)(=O)NC2CCCN(CC(=O)N3CCC(N(C)C(C)=O)C3)C2=O)cc1Cl. The van der Waals surface area contributed by atoms with E-state index in [0.717, 1.165) is 0 Å². The van der Waals surface area contributed by atoms with Gasteiger partial charge in [-0.1, -0.05) is 11.6 Å². The first-order valence-electron chi connectivity index (χ1n) is 11.3. The van der Waals surface area contributed by atoms with Crippen molar-refractivity contribution in [2.75, 3.05) is 38.5 Å². The Labute approximate surface area is 209 Å². The van der Waals surface area contributed by atoms with E-state index in [1.165, 1.54) is 36.9 Å². The molecule has 0 aliphatic carbocycles. The topological polar surface area (TPSA) is 136 Å². The third-order valence-electron chi connectivity index (χ3n) is 6.28. The zero-order valence-electron chi connectivity index (χ0n) is 19.9. The summed E-state index contributed by atoms with van der Waals surface area (Å²) in [5.74, 6) is -1.12. The van der Waals surface area contributed by atoms with Gasteiger partial charge in [0.05, 0.1) is 28.2 Å². The maximum absolute atomic E-state index is 13.0. The van der Waals surface area contributed by atoms with Gasteiger partial charge < -0.3 is 20.0 Å². The van der Waals surface area contributed by atoms with Crippen molar-refractivity contribution in [3.05, 3.63) is 23.2 Å². The Morgan fingerprint density at radius 3 is 2.51 bits per heavy atom. The average Bonchev–Trinajstić information content (AvgIpc) is 3.27. The van der Waals surface area contributed by atoms with Crippen LogP contribution in [0.4, 0.5) is 5.69 Å². The second-order valence-corrected chi connectivity index (χ2v) is 10.9. The van der Waals surface area contributed by atoms with Gasteiger partial charge >= 0.3 is 0 Å². The number of amides is 4.